The molecule has 0 saturated heterocycles. The second-order valence-corrected chi connectivity index (χ2v) is 8.03. The van der Waals surface area contributed by atoms with Crippen molar-refractivity contribution in [3.63, 3.8) is 0 Å². The Balaban J connectivity index is 0.00000333. The lowest BCUT2D eigenvalue weighted by atomic mass is 9.83. The van der Waals surface area contributed by atoms with Crippen LogP contribution in [0.5, 0.6) is 0 Å². The van der Waals surface area contributed by atoms with Gasteiger partial charge in [-0.25, -0.2) is 0 Å². The maximum absolute atomic E-state index is 12.1. The van der Waals surface area contributed by atoms with Gasteiger partial charge in [-0.2, -0.15) is 0 Å². The molecule has 12 heteroatoms. The first-order valence-electron chi connectivity index (χ1n) is 11.6. The molecule has 196 valence electrons. The van der Waals surface area contributed by atoms with Gasteiger partial charge < -0.3 is 41.7 Å². The minimum atomic E-state index is -0.581. The Labute approximate surface area is 201 Å². The number of primary amides is 2. The third-order valence-electron chi connectivity index (χ3n) is 4.91. The molecule has 0 atom stereocenters. The molecule has 0 aliphatic heterocycles. The van der Waals surface area contributed by atoms with E-state index in [1.165, 1.54) is 19.3 Å². The van der Waals surface area contributed by atoms with E-state index in [-0.39, 0.29) is 64.2 Å². The van der Waals surface area contributed by atoms with E-state index in [9.17, 15) is 24.0 Å². The van der Waals surface area contributed by atoms with Crippen LogP contribution in [-0.4, -0.2) is 82.0 Å². The van der Waals surface area contributed by atoms with Crippen LogP contribution in [0, 0.1) is 0 Å². The highest BCUT2D eigenvalue weighted by molar-refractivity contribution is 5.77. The molecule has 0 heterocycles. The molecule has 7 N–H and O–H groups in total. The van der Waals surface area contributed by atoms with E-state index in [1.54, 1.807) is 7.05 Å². The number of rotatable bonds is 20. The summed E-state index contributed by atoms with van der Waals surface area (Å²) in [6, 6.07) is 0. The molecule has 0 aromatic carbocycles. The lowest BCUT2D eigenvalue weighted by Gasteiger charge is -2.33. The number of hydrogen-bond donors (Lipinski definition) is 5. The molecule has 0 unspecified atom stereocenters. The summed E-state index contributed by atoms with van der Waals surface area (Å²) in [7, 11) is 1.73. The summed E-state index contributed by atoms with van der Waals surface area (Å²) in [5.41, 5.74) is 9.35. The number of ether oxygens (including phenoxy) is 2. The molecule has 1 saturated carbocycles. The molecule has 4 amide bonds. The summed E-state index contributed by atoms with van der Waals surface area (Å²) < 4.78 is 9.95. The van der Waals surface area contributed by atoms with Gasteiger partial charge in [0.1, 0.15) is 19.5 Å². The van der Waals surface area contributed by atoms with Gasteiger partial charge in [0.15, 0.2) is 0 Å². The maximum Gasteiger partial charge on any atom is 0.243 e. The van der Waals surface area contributed by atoms with Gasteiger partial charge in [0, 0.05) is 37.9 Å². The second-order valence-electron chi connectivity index (χ2n) is 8.03. The normalized spacial score (nSPS) is 12.1. The van der Waals surface area contributed by atoms with Crippen LogP contribution in [0.3, 0.4) is 0 Å². The van der Waals surface area contributed by atoms with Crippen LogP contribution in [0.4, 0.5) is 0 Å². The lowest BCUT2D eigenvalue weighted by Crippen LogP contribution is -2.45. The van der Waals surface area contributed by atoms with Gasteiger partial charge in [0.05, 0.1) is 13.2 Å². The fourth-order valence-corrected chi connectivity index (χ4v) is 2.84. The first kappa shape index (κ1) is 31.4. The average molecular weight is 488 g/mol. The Morgan fingerprint density at radius 2 is 1.26 bits per heavy atom. The van der Waals surface area contributed by atoms with Crippen LogP contribution in [0.2, 0.25) is 0 Å². The molecule has 0 spiro atoms. The van der Waals surface area contributed by atoms with Crippen molar-refractivity contribution in [3.05, 3.63) is 0 Å². The van der Waals surface area contributed by atoms with E-state index in [1.807, 2.05) is 0 Å². The molecule has 0 aromatic rings. The van der Waals surface area contributed by atoms with Gasteiger partial charge in [-0.15, -0.1) is 0 Å². The first-order chi connectivity index (χ1) is 16.2. The zero-order chi connectivity index (χ0) is 25.7. The number of carbonyl (C=O) groups excluding carboxylic acids is 5. The minimum Gasteiger partial charge on any atom is -0.370 e. The van der Waals surface area contributed by atoms with Crippen molar-refractivity contribution in [1.29, 1.82) is 0 Å². The van der Waals surface area contributed by atoms with E-state index < -0.39 is 17.4 Å². The van der Waals surface area contributed by atoms with Crippen molar-refractivity contribution < 1.29 is 33.4 Å². The van der Waals surface area contributed by atoms with Crippen LogP contribution < -0.4 is 27.4 Å². The number of nitrogens with two attached hydrogens (primary N) is 2. The topological polar surface area (TPSA) is 192 Å². The molecule has 12 nitrogen and oxygen atoms in total. The van der Waals surface area contributed by atoms with Crippen molar-refractivity contribution >= 4 is 29.9 Å². The van der Waals surface area contributed by atoms with E-state index in [0.717, 1.165) is 6.29 Å². The van der Waals surface area contributed by atoms with Crippen molar-refractivity contribution in [3.8, 4) is 0 Å². The number of hydrogen-bond acceptors (Lipinski definition) is 8. The molecule has 0 radical (unpaired) electrons. The molecule has 1 rings (SSSR count). The third-order valence-corrected chi connectivity index (χ3v) is 4.91. The predicted octanol–water partition coefficient (Wildman–Crippen LogP) is -1.11. The Morgan fingerprint density at radius 3 is 1.59 bits per heavy atom. The molecule has 1 fully saturated rings. The highest BCUT2D eigenvalue weighted by atomic mass is 16.5. The molecule has 0 aromatic heterocycles. The Morgan fingerprint density at radius 1 is 0.824 bits per heavy atom. The summed E-state index contributed by atoms with van der Waals surface area (Å²) in [6.45, 7) is 0.411. The van der Waals surface area contributed by atoms with Gasteiger partial charge in [-0.1, -0.05) is 19.3 Å². The van der Waals surface area contributed by atoms with Crippen molar-refractivity contribution in [1.82, 2.24) is 16.0 Å². The number of aldehydes is 1. The van der Waals surface area contributed by atoms with E-state index in [0.29, 0.717) is 25.7 Å². The summed E-state index contributed by atoms with van der Waals surface area (Å²) >= 11 is 0. The van der Waals surface area contributed by atoms with Crippen LogP contribution in [0.15, 0.2) is 0 Å². The van der Waals surface area contributed by atoms with Crippen LogP contribution in [-0.2, 0) is 33.4 Å². The quantitative estimate of drug-likeness (QED) is 0.105. The highest BCUT2D eigenvalue weighted by Crippen LogP contribution is 2.25. The molecule has 1 aliphatic rings. The standard InChI is InChI=1S/C19H35N5O7.C3H6/c1-22-19(5-2-10-25,6-3-17(28)23-8-11-30-13-15(20)26)7-4-18(29)24-9-12-31-14-16(21)27;1-2-3-1/h10,22H,2-9,11-14H2,1H3,(H2,20,26)(H2,21,27)(H,23,28)(H,24,29);1-3H2. The van der Waals surface area contributed by atoms with Crippen LogP contribution in [0.25, 0.3) is 0 Å². The Hall–Kier alpha value is -2.57. The fourth-order valence-electron chi connectivity index (χ4n) is 2.84. The summed E-state index contributed by atoms with van der Waals surface area (Å²) in [5.74, 6) is -1.57. The summed E-state index contributed by atoms with van der Waals surface area (Å²) in [6.07, 6.45) is 7.33. The smallest absolute Gasteiger partial charge is 0.243 e. The van der Waals surface area contributed by atoms with Gasteiger partial charge in [-0.3, -0.25) is 19.2 Å². The molecular weight excluding hydrogens is 446 g/mol. The second kappa shape index (κ2) is 19.9. The number of nitrogens with one attached hydrogen (secondary N) is 3. The van der Waals surface area contributed by atoms with E-state index in [4.69, 9.17) is 20.9 Å². The van der Waals surface area contributed by atoms with Crippen molar-refractivity contribution in [2.45, 2.75) is 63.3 Å². The zero-order valence-corrected chi connectivity index (χ0v) is 20.2. The highest BCUT2D eigenvalue weighted by Gasteiger charge is 2.29. The van der Waals surface area contributed by atoms with E-state index >= 15 is 0 Å². The maximum atomic E-state index is 12.1. The predicted molar refractivity (Wildman–Crippen MR) is 125 cm³/mol. The van der Waals surface area contributed by atoms with Crippen LogP contribution in [0.1, 0.15) is 57.8 Å². The van der Waals surface area contributed by atoms with Gasteiger partial charge in [-0.05, 0) is 26.3 Å². The summed E-state index contributed by atoms with van der Waals surface area (Å²) in [5, 5.41) is 8.53. The van der Waals surface area contributed by atoms with E-state index in [2.05, 4.69) is 16.0 Å². The van der Waals surface area contributed by atoms with Gasteiger partial charge in [0.2, 0.25) is 23.6 Å². The minimum absolute atomic E-state index is 0.167. The van der Waals surface area contributed by atoms with Crippen LogP contribution >= 0.6 is 0 Å². The van der Waals surface area contributed by atoms with Crippen molar-refractivity contribution in [2.24, 2.45) is 11.5 Å². The summed E-state index contributed by atoms with van der Waals surface area (Å²) in [4.78, 5) is 56.2. The SMILES string of the molecule is C1CC1.CNC(CCC=O)(CCC(=O)NCCOCC(N)=O)CCC(=O)NCCOCC(N)=O. The third kappa shape index (κ3) is 20.1. The molecule has 1 aliphatic carbocycles. The number of amides is 4. The lowest BCUT2D eigenvalue weighted by molar-refractivity contribution is -0.124. The molecular formula is C22H41N5O7. The van der Waals surface area contributed by atoms with Gasteiger partial charge in [0.25, 0.3) is 0 Å². The zero-order valence-electron chi connectivity index (χ0n) is 20.2. The fraction of sp³-hybridized carbons (Fsp3) is 0.773. The largest absolute Gasteiger partial charge is 0.370 e. The van der Waals surface area contributed by atoms with Gasteiger partial charge >= 0.3 is 0 Å². The molecule has 0 bridgehead atoms. The Bertz CT molecular complexity index is 586. The average Bonchev–Trinajstić information content (AvgIpc) is 3.68. The molecule has 34 heavy (non-hydrogen) atoms. The number of carbonyl (C=O) groups is 5. The van der Waals surface area contributed by atoms with Crippen molar-refractivity contribution in [2.75, 3.05) is 46.6 Å². The monoisotopic (exact) mass is 487 g/mol. The first-order valence-corrected chi connectivity index (χ1v) is 11.6. The Kier molecular flexibility index (Phi) is 18.4.